The molecule has 0 fully saturated rings. The first kappa shape index (κ1) is 19.2. The van der Waals surface area contributed by atoms with Gasteiger partial charge >= 0.3 is 0 Å². The van der Waals surface area contributed by atoms with Gasteiger partial charge in [0.25, 0.3) is 5.91 Å². The summed E-state index contributed by atoms with van der Waals surface area (Å²) in [6.45, 7) is 5.52. The smallest absolute Gasteiger partial charge is 0.253 e. The van der Waals surface area contributed by atoms with Crippen LogP contribution in [0.3, 0.4) is 0 Å². The maximum Gasteiger partial charge on any atom is 0.253 e. The van der Waals surface area contributed by atoms with Crippen LogP contribution in [-0.4, -0.2) is 43.0 Å². The molecule has 0 unspecified atom stereocenters. The maximum absolute atomic E-state index is 12.6. The van der Waals surface area contributed by atoms with Crippen LogP contribution in [0, 0.1) is 5.41 Å². The molecule has 0 aliphatic rings. The Bertz CT molecular complexity index is 702. The SMILES string of the molecule is COc1cc(C(=O)N(C)CC(C)(C)CN)ccc1OCc1cscn1. The molecule has 6 nitrogen and oxygen atoms in total. The molecule has 7 heteroatoms. The van der Waals surface area contributed by atoms with Gasteiger partial charge in [-0.2, -0.15) is 0 Å². The lowest BCUT2D eigenvalue weighted by Gasteiger charge is -2.29. The third-order valence-corrected chi connectivity index (χ3v) is 4.47. The lowest BCUT2D eigenvalue weighted by Crippen LogP contribution is -2.39. The van der Waals surface area contributed by atoms with Gasteiger partial charge in [0.05, 0.1) is 18.3 Å². The third-order valence-electron chi connectivity index (χ3n) is 3.83. The summed E-state index contributed by atoms with van der Waals surface area (Å²) in [6.07, 6.45) is 0. The molecule has 1 aromatic carbocycles. The first-order valence-corrected chi connectivity index (χ1v) is 8.94. The van der Waals surface area contributed by atoms with E-state index in [1.807, 2.05) is 19.2 Å². The fraction of sp³-hybridized carbons (Fsp3) is 0.444. The van der Waals surface area contributed by atoms with Crippen LogP contribution in [-0.2, 0) is 6.61 Å². The Morgan fingerprint density at radius 1 is 1.36 bits per heavy atom. The van der Waals surface area contributed by atoms with Crippen molar-refractivity contribution >= 4 is 17.2 Å². The molecule has 0 saturated heterocycles. The van der Waals surface area contributed by atoms with Crippen molar-refractivity contribution in [2.24, 2.45) is 11.1 Å². The Labute approximate surface area is 152 Å². The molecule has 0 aliphatic heterocycles. The molecule has 1 heterocycles. The molecular formula is C18H25N3O3S. The Morgan fingerprint density at radius 2 is 2.12 bits per heavy atom. The lowest BCUT2D eigenvalue weighted by atomic mass is 9.93. The number of benzene rings is 1. The second-order valence-electron chi connectivity index (χ2n) is 6.66. The number of carbonyl (C=O) groups is 1. The van der Waals surface area contributed by atoms with Crippen molar-refractivity contribution in [1.29, 1.82) is 0 Å². The predicted molar refractivity (Wildman–Crippen MR) is 99.2 cm³/mol. The molecule has 0 bridgehead atoms. The summed E-state index contributed by atoms with van der Waals surface area (Å²) in [4.78, 5) is 18.5. The van der Waals surface area contributed by atoms with Gasteiger partial charge in [-0.05, 0) is 30.2 Å². The van der Waals surface area contributed by atoms with Crippen molar-refractivity contribution < 1.29 is 14.3 Å². The Hall–Kier alpha value is -2.12. The van der Waals surface area contributed by atoms with Gasteiger partial charge in [-0.15, -0.1) is 11.3 Å². The van der Waals surface area contributed by atoms with Gasteiger partial charge in [0.2, 0.25) is 0 Å². The number of nitrogens with zero attached hydrogens (tertiary/aromatic N) is 2. The summed E-state index contributed by atoms with van der Waals surface area (Å²) in [5.74, 6) is 1.02. The summed E-state index contributed by atoms with van der Waals surface area (Å²) in [5, 5.41) is 1.93. The highest BCUT2D eigenvalue weighted by atomic mass is 32.1. The van der Waals surface area contributed by atoms with E-state index >= 15 is 0 Å². The van der Waals surface area contributed by atoms with Gasteiger partial charge in [-0.1, -0.05) is 13.8 Å². The second kappa shape index (κ2) is 8.31. The van der Waals surface area contributed by atoms with Crippen LogP contribution < -0.4 is 15.2 Å². The van der Waals surface area contributed by atoms with Crippen molar-refractivity contribution in [2.45, 2.75) is 20.5 Å². The highest BCUT2D eigenvalue weighted by Crippen LogP contribution is 2.29. The minimum atomic E-state index is -0.134. The molecule has 136 valence electrons. The summed E-state index contributed by atoms with van der Waals surface area (Å²) in [7, 11) is 3.33. The topological polar surface area (TPSA) is 77.7 Å². The number of amides is 1. The number of carbonyl (C=O) groups excluding carboxylic acids is 1. The third kappa shape index (κ3) is 5.17. The second-order valence-corrected chi connectivity index (χ2v) is 7.38. The largest absolute Gasteiger partial charge is 0.493 e. The number of aromatic nitrogens is 1. The molecule has 0 aliphatic carbocycles. The average molecular weight is 363 g/mol. The highest BCUT2D eigenvalue weighted by Gasteiger charge is 2.22. The zero-order valence-electron chi connectivity index (χ0n) is 15.1. The number of thiazole rings is 1. The van der Waals surface area contributed by atoms with Crippen LogP contribution in [0.15, 0.2) is 29.1 Å². The van der Waals surface area contributed by atoms with Crippen LogP contribution in [0.1, 0.15) is 29.9 Å². The number of rotatable bonds is 8. The number of hydrogen-bond acceptors (Lipinski definition) is 6. The van der Waals surface area contributed by atoms with Crippen LogP contribution >= 0.6 is 11.3 Å². The van der Waals surface area contributed by atoms with E-state index in [0.29, 0.717) is 36.8 Å². The van der Waals surface area contributed by atoms with E-state index in [1.54, 1.807) is 42.8 Å². The van der Waals surface area contributed by atoms with E-state index in [4.69, 9.17) is 15.2 Å². The first-order chi connectivity index (χ1) is 11.9. The molecule has 25 heavy (non-hydrogen) atoms. The predicted octanol–water partition coefficient (Wildman–Crippen LogP) is 2.79. The van der Waals surface area contributed by atoms with Gasteiger partial charge in [0, 0.05) is 24.5 Å². The summed E-state index contributed by atoms with van der Waals surface area (Å²) in [5.41, 5.74) is 8.79. The number of methoxy groups -OCH3 is 1. The summed E-state index contributed by atoms with van der Waals surface area (Å²) >= 11 is 1.52. The molecule has 0 saturated carbocycles. The normalized spacial score (nSPS) is 11.2. The van der Waals surface area contributed by atoms with E-state index in [9.17, 15) is 4.79 Å². The minimum Gasteiger partial charge on any atom is -0.493 e. The Balaban J connectivity index is 2.10. The van der Waals surface area contributed by atoms with Crippen molar-refractivity contribution in [3.8, 4) is 11.5 Å². The molecule has 2 N–H and O–H groups in total. The molecular weight excluding hydrogens is 338 g/mol. The zero-order valence-corrected chi connectivity index (χ0v) is 15.9. The molecule has 2 rings (SSSR count). The van der Waals surface area contributed by atoms with Gasteiger partial charge in [0.15, 0.2) is 11.5 Å². The van der Waals surface area contributed by atoms with E-state index < -0.39 is 0 Å². The standard InChI is InChI=1S/C18H25N3O3S/c1-18(2,10-19)11-21(3)17(22)13-5-6-15(16(7-13)23-4)24-8-14-9-25-12-20-14/h5-7,9,12H,8,10-11,19H2,1-4H3. The van der Waals surface area contributed by atoms with Gasteiger partial charge < -0.3 is 20.1 Å². The molecule has 0 spiro atoms. The number of nitrogens with two attached hydrogens (primary N) is 1. The number of ether oxygens (including phenoxy) is 2. The Morgan fingerprint density at radius 3 is 2.72 bits per heavy atom. The van der Waals surface area contributed by atoms with Crippen molar-refractivity contribution in [1.82, 2.24) is 9.88 Å². The van der Waals surface area contributed by atoms with Gasteiger partial charge in [-0.25, -0.2) is 4.98 Å². The van der Waals surface area contributed by atoms with Gasteiger partial charge in [-0.3, -0.25) is 4.79 Å². The van der Waals surface area contributed by atoms with Gasteiger partial charge in [0.1, 0.15) is 6.61 Å². The van der Waals surface area contributed by atoms with Crippen LogP contribution in [0.5, 0.6) is 11.5 Å². The quantitative estimate of drug-likeness (QED) is 0.780. The van der Waals surface area contributed by atoms with Crippen LogP contribution in [0.2, 0.25) is 0 Å². The fourth-order valence-electron chi connectivity index (χ4n) is 2.38. The van der Waals surface area contributed by atoms with Crippen molar-refractivity contribution in [2.75, 3.05) is 27.2 Å². The number of hydrogen-bond donors (Lipinski definition) is 1. The molecule has 0 atom stereocenters. The maximum atomic E-state index is 12.6. The van der Waals surface area contributed by atoms with E-state index in [-0.39, 0.29) is 11.3 Å². The van der Waals surface area contributed by atoms with E-state index in [0.717, 1.165) is 5.69 Å². The van der Waals surface area contributed by atoms with Crippen LogP contribution in [0.4, 0.5) is 0 Å². The fourth-order valence-corrected chi connectivity index (χ4v) is 2.92. The monoisotopic (exact) mass is 363 g/mol. The first-order valence-electron chi connectivity index (χ1n) is 8.00. The van der Waals surface area contributed by atoms with Crippen molar-refractivity contribution in [3.63, 3.8) is 0 Å². The summed E-state index contributed by atoms with van der Waals surface area (Å²) in [6, 6.07) is 5.19. The zero-order chi connectivity index (χ0) is 18.4. The molecule has 0 radical (unpaired) electrons. The molecule has 1 amide bonds. The highest BCUT2D eigenvalue weighted by molar-refractivity contribution is 7.07. The summed E-state index contributed by atoms with van der Waals surface area (Å²) < 4.78 is 11.1. The Kier molecular flexibility index (Phi) is 6.39. The van der Waals surface area contributed by atoms with E-state index in [2.05, 4.69) is 4.98 Å². The van der Waals surface area contributed by atoms with E-state index in [1.165, 1.54) is 11.3 Å². The van der Waals surface area contributed by atoms with Crippen LogP contribution in [0.25, 0.3) is 0 Å². The molecule has 1 aromatic heterocycles. The lowest BCUT2D eigenvalue weighted by molar-refractivity contribution is 0.0740. The molecule has 2 aromatic rings. The average Bonchev–Trinajstić information content (AvgIpc) is 3.12. The van der Waals surface area contributed by atoms with Crippen molar-refractivity contribution in [3.05, 3.63) is 40.3 Å². The minimum absolute atomic E-state index is 0.0779.